The maximum absolute atomic E-state index is 14.0. The van der Waals surface area contributed by atoms with Gasteiger partial charge in [-0.05, 0) is 47.4 Å². The second-order valence-corrected chi connectivity index (χ2v) is 12.7. The molecule has 0 aromatic heterocycles. The van der Waals surface area contributed by atoms with E-state index in [1.807, 2.05) is 49.4 Å². The van der Waals surface area contributed by atoms with Crippen LogP contribution >= 0.6 is 7.92 Å². The number of hydrogen-bond acceptors (Lipinski definition) is 2. The topological polar surface area (TPSA) is 29.4 Å². The lowest BCUT2D eigenvalue weighted by Gasteiger charge is -2.22. The first-order valence-electron chi connectivity index (χ1n) is 11.4. The lowest BCUT2D eigenvalue weighted by atomic mass is 10.1. The van der Waals surface area contributed by atoms with E-state index in [2.05, 4.69) is 84.9 Å². The number of nitrogens with zero attached hydrogens (tertiary/aromatic N) is 1. The molecule has 2 nitrogen and oxygen atoms in total. The van der Waals surface area contributed by atoms with E-state index in [1.54, 1.807) is 0 Å². The summed E-state index contributed by atoms with van der Waals surface area (Å²) in [6.45, 7) is 1.95. The van der Waals surface area contributed by atoms with Crippen LogP contribution in [0.2, 0.25) is 0 Å². The largest absolute Gasteiger partial charge is 0.244 e. The predicted octanol–water partition coefficient (Wildman–Crippen LogP) is 6.78. The molecule has 0 saturated carbocycles. The summed E-state index contributed by atoms with van der Waals surface area (Å²) in [5.74, 6) is 0.460. The minimum absolute atomic E-state index is 0.460. The first-order valence-corrected chi connectivity index (χ1v) is 14.4. The van der Waals surface area contributed by atoms with Gasteiger partial charge < -0.3 is 0 Å². The fraction of sp³-hybridized carbons (Fsp3) is 0.0667. The third-order valence-corrected chi connectivity index (χ3v) is 10.6. The van der Waals surface area contributed by atoms with Crippen molar-refractivity contribution in [3.63, 3.8) is 0 Å². The van der Waals surface area contributed by atoms with Gasteiger partial charge in [0.25, 0.3) is 0 Å². The van der Waals surface area contributed by atoms with Crippen molar-refractivity contribution in [1.82, 2.24) is 0 Å². The van der Waals surface area contributed by atoms with Crippen LogP contribution in [0.1, 0.15) is 6.92 Å². The summed E-state index contributed by atoms with van der Waals surface area (Å²) in [6, 6.07) is 43.6. The summed E-state index contributed by atoms with van der Waals surface area (Å²) in [7, 11) is -3.40. The highest BCUT2D eigenvalue weighted by atomic mass is 32.2. The van der Waals surface area contributed by atoms with Gasteiger partial charge in [0.2, 0.25) is 0 Å². The molecule has 0 bridgehead atoms. The van der Waals surface area contributed by atoms with E-state index in [0.29, 0.717) is 5.75 Å². The monoisotopic (exact) mass is 479 g/mol. The summed E-state index contributed by atoms with van der Waals surface area (Å²) >= 11 is 0. The summed E-state index contributed by atoms with van der Waals surface area (Å²) < 4.78 is 19.0. The van der Waals surface area contributed by atoms with Crippen LogP contribution in [0.4, 0.5) is 5.69 Å². The maximum atomic E-state index is 14.0. The van der Waals surface area contributed by atoms with Gasteiger partial charge in [-0.25, -0.2) is 4.21 Å². The van der Waals surface area contributed by atoms with Crippen molar-refractivity contribution < 1.29 is 4.21 Å². The Kier molecular flexibility index (Phi) is 6.58. The van der Waals surface area contributed by atoms with E-state index in [1.165, 1.54) is 15.9 Å². The molecule has 5 aromatic carbocycles. The number of hydrogen-bond donors (Lipinski definition) is 0. The molecule has 0 aliphatic rings. The number of benzene rings is 5. The highest BCUT2D eigenvalue weighted by molar-refractivity contribution is 7.93. The Morgan fingerprint density at radius 2 is 1.18 bits per heavy atom. The van der Waals surface area contributed by atoms with E-state index < -0.39 is 17.7 Å². The van der Waals surface area contributed by atoms with Gasteiger partial charge in [0, 0.05) is 16.0 Å². The van der Waals surface area contributed by atoms with Gasteiger partial charge >= 0.3 is 0 Å². The molecule has 1 atom stereocenters. The van der Waals surface area contributed by atoms with Crippen LogP contribution in [0.15, 0.2) is 137 Å². The Hall–Kier alpha value is -3.26. The van der Waals surface area contributed by atoms with Crippen LogP contribution in [-0.2, 0) is 9.73 Å². The molecule has 4 heteroatoms. The molecule has 0 saturated heterocycles. The van der Waals surface area contributed by atoms with Gasteiger partial charge in [0.05, 0.1) is 15.4 Å². The predicted molar refractivity (Wildman–Crippen MR) is 148 cm³/mol. The smallest absolute Gasteiger partial charge is 0.0818 e. The van der Waals surface area contributed by atoms with Crippen LogP contribution in [0.25, 0.3) is 10.8 Å². The molecule has 1 unspecified atom stereocenters. The van der Waals surface area contributed by atoms with Crippen molar-refractivity contribution in [3.8, 4) is 0 Å². The standard InChI is InChI=1S/C30H26NOPS/c1-2-34(32,27-20-10-5-11-21-27)31-28-22-12-14-24-15-13-23-29(30(24)28)33(25-16-6-3-7-17-25)26-18-8-4-9-19-26/h3-23H,2H2,1H3. The van der Waals surface area contributed by atoms with E-state index in [0.717, 1.165) is 21.4 Å². The third kappa shape index (κ3) is 4.42. The Morgan fingerprint density at radius 1 is 0.647 bits per heavy atom. The quantitative estimate of drug-likeness (QED) is 0.247. The van der Waals surface area contributed by atoms with E-state index in [4.69, 9.17) is 4.36 Å². The Morgan fingerprint density at radius 3 is 1.74 bits per heavy atom. The molecule has 34 heavy (non-hydrogen) atoms. The van der Waals surface area contributed by atoms with E-state index in [9.17, 15) is 4.21 Å². The highest BCUT2D eigenvalue weighted by Crippen LogP contribution is 2.39. The molecule has 0 fully saturated rings. The van der Waals surface area contributed by atoms with Gasteiger partial charge in [0.15, 0.2) is 0 Å². The lowest BCUT2D eigenvalue weighted by molar-refractivity contribution is 0.677. The minimum atomic E-state index is -2.59. The fourth-order valence-corrected chi connectivity index (χ4v) is 8.34. The summed E-state index contributed by atoms with van der Waals surface area (Å²) in [4.78, 5) is 0.778. The SMILES string of the molecule is CCS(=O)(=Nc1cccc2cccc(P(c3ccccc3)c3ccccc3)c12)c1ccccc1. The van der Waals surface area contributed by atoms with E-state index >= 15 is 0 Å². The van der Waals surface area contributed by atoms with Crippen LogP contribution in [-0.4, -0.2) is 9.96 Å². The van der Waals surface area contributed by atoms with Gasteiger partial charge in [-0.1, -0.05) is 116 Å². The van der Waals surface area contributed by atoms with Crippen LogP contribution in [0.3, 0.4) is 0 Å². The van der Waals surface area contributed by atoms with Crippen LogP contribution in [0, 0.1) is 0 Å². The van der Waals surface area contributed by atoms with Crippen LogP contribution in [0.5, 0.6) is 0 Å². The number of fused-ring (bicyclic) bond motifs is 1. The average molecular weight is 480 g/mol. The molecule has 0 N–H and O–H groups in total. The van der Waals surface area contributed by atoms with Gasteiger partial charge in [-0.3, -0.25) is 0 Å². The second-order valence-electron chi connectivity index (χ2n) is 7.99. The molecular weight excluding hydrogens is 453 g/mol. The van der Waals surface area contributed by atoms with Gasteiger partial charge in [-0.2, -0.15) is 4.36 Å². The molecular formula is C30H26NOPS. The molecule has 0 aliphatic heterocycles. The fourth-order valence-electron chi connectivity index (χ4n) is 4.22. The molecule has 5 aromatic rings. The third-order valence-electron chi connectivity index (χ3n) is 5.88. The van der Waals surface area contributed by atoms with Crippen molar-refractivity contribution >= 4 is 50.0 Å². The average Bonchev–Trinajstić information content (AvgIpc) is 2.91. The minimum Gasteiger partial charge on any atom is -0.244 e. The van der Waals surface area contributed by atoms with Gasteiger partial charge in [0.1, 0.15) is 0 Å². The summed E-state index contributed by atoms with van der Waals surface area (Å²) in [6.07, 6.45) is 0. The zero-order valence-corrected chi connectivity index (χ0v) is 20.8. The molecule has 0 aliphatic carbocycles. The van der Waals surface area contributed by atoms with Crippen molar-refractivity contribution in [1.29, 1.82) is 0 Å². The van der Waals surface area contributed by atoms with Crippen molar-refractivity contribution in [2.24, 2.45) is 4.36 Å². The molecule has 168 valence electrons. The van der Waals surface area contributed by atoms with Gasteiger partial charge in [-0.15, -0.1) is 0 Å². The van der Waals surface area contributed by atoms with E-state index in [-0.39, 0.29) is 0 Å². The Labute approximate surface area is 203 Å². The van der Waals surface area contributed by atoms with Crippen molar-refractivity contribution in [2.75, 3.05) is 5.75 Å². The lowest BCUT2D eigenvalue weighted by Crippen LogP contribution is -2.21. The summed E-state index contributed by atoms with van der Waals surface area (Å²) in [5.41, 5.74) is 0.795. The number of rotatable bonds is 6. The zero-order valence-electron chi connectivity index (χ0n) is 19.0. The van der Waals surface area contributed by atoms with Crippen LogP contribution < -0.4 is 15.9 Å². The zero-order chi connectivity index (χ0) is 23.4. The first kappa shape index (κ1) is 22.5. The second kappa shape index (κ2) is 9.93. The van der Waals surface area contributed by atoms with Crippen molar-refractivity contribution in [2.45, 2.75) is 11.8 Å². The normalized spacial score (nSPS) is 13.0. The molecule has 0 spiro atoms. The maximum Gasteiger partial charge on any atom is 0.0818 e. The molecule has 0 heterocycles. The van der Waals surface area contributed by atoms with Crippen molar-refractivity contribution in [3.05, 3.63) is 127 Å². The molecule has 0 radical (unpaired) electrons. The highest BCUT2D eigenvalue weighted by Gasteiger charge is 2.21. The first-order chi connectivity index (χ1) is 16.7. The molecule has 0 amide bonds. The Bertz CT molecular complexity index is 1480. The summed E-state index contributed by atoms with van der Waals surface area (Å²) in [5, 5.41) is 6.00. The molecule has 5 rings (SSSR count). The Balaban J connectivity index is 1.81.